The average Bonchev–Trinajstić information content (AvgIpc) is 2.86. The molecule has 0 unspecified atom stereocenters. The van der Waals surface area contributed by atoms with E-state index < -0.39 is 0 Å². The Morgan fingerprint density at radius 2 is 2.06 bits per heavy atom. The molecule has 1 heterocycles. The van der Waals surface area contributed by atoms with Crippen LogP contribution in [0.1, 0.15) is 12.7 Å². The van der Waals surface area contributed by atoms with Gasteiger partial charge in [0, 0.05) is 13.0 Å². The van der Waals surface area contributed by atoms with Crippen molar-refractivity contribution in [1.82, 2.24) is 25.5 Å². The lowest BCUT2D eigenvalue weighted by Gasteiger charge is -2.06. The minimum absolute atomic E-state index is 0.664. The van der Waals surface area contributed by atoms with Gasteiger partial charge in [0.05, 0.1) is 12.3 Å². The maximum Gasteiger partial charge on any atom is 0.157 e. The van der Waals surface area contributed by atoms with Gasteiger partial charge in [-0.25, -0.2) is 0 Å². The van der Waals surface area contributed by atoms with Crippen LogP contribution in [0.25, 0.3) is 5.69 Å². The number of hydrogen-bond donors (Lipinski definition) is 1. The summed E-state index contributed by atoms with van der Waals surface area (Å²) in [7, 11) is 1.91. The van der Waals surface area contributed by atoms with E-state index in [0.717, 1.165) is 30.2 Å². The zero-order chi connectivity index (χ0) is 12.8. The van der Waals surface area contributed by atoms with Crippen LogP contribution < -0.4 is 10.1 Å². The van der Waals surface area contributed by atoms with Gasteiger partial charge in [-0.2, -0.15) is 4.68 Å². The molecule has 0 fully saturated rings. The lowest BCUT2D eigenvalue weighted by Crippen LogP contribution is -2.14. The predicted octanol–water partition coefficient (Wildman–Crippen LogP) is 0.823. The molecule has 18 heavy (non-hydrogen) atoms. The van der Waals surface area contributed by atoms with Gasteiger partial charge in [-0.1, -0.05) is 0 Å². The molecule has 0 bridgehead atoms. The van der Waals surface area contributed by atoms with E-state index in [1.165, 1.54) is 0 Å². The van der Waals surface area contributed by atoms with Crippen LogP contribution in [0.15, 0.2) is 24.3 Å². The summed E-state index contributed by atoms with van der Waals surface area (Å²) >= 11 is 0. The maximum atomic E-state index is 5.40. The summed E-state index contributed by atoms with van der Waals surface area (Å²) in [4.78, 5) is 0. The van der Waals surface area contributed by atoms with Crippen molar-refractivity contribution in [3.05, 3.63) is 30.1 Å². The summed E-state index contributed by atoms with van der Waals surface area (Å²) < 4.78 is 7.15. The normalized spacial score (nSPS) is 10.6. The lowest BCUT2D eigenvalue weighted by molar-refractivity contribution is 0.340. The molecule has 6 heteroatoms. The summed E-state index contributed by atoms with van der Waals surface area (Å²) in [5, 5.41) is 14.8. The summed E-state index contributed by atoms with van der Waals surface area (Å²) in [6.45, 7) is 3.47. The van der Waals surface area contributed by atoms with Crippen molar-refractivity contribution in [3.63, 3.8) is 0 Å². The number of tetrazole rings is 1. The fourth-order valence-corrected chi connectivity index (χ4v) is 1.65. The molecule has 0 radical (unpaired) electrons. The van der Waals surface area contributed by atoms with E-state index in [2.05, 4.69) is 20.8 Å². The molecular weight excluding hydrogens is 230 g/mol. The molecule has 0 aliphatic rings. The Balaban J connectivity index is 2.17. The second kappa shape index (κ2) is 6.11. The highest BCUT2D eigenvalue weighted by Gasteiger charge is 2.07. The number of aromatic nitrogens is 4. The molecule has 0 atom stereocenters. The molecular formula is C12H17N5O. The van der Waals surface area contributed by atoms with Crippen LogP contribution in [-0.4, -0.2) is 40.4 Å². The van der Waals surface area contributed by atoms with E-state index >= 15 is 0 Å². The number of benzene rings is 1. The molecule has 1 aromatic carbocycles. The highest BCUT2D eigenvalue weighted by molar-refractivity contribution is 5.37. The summed E-state index contributed by atoms with van der Waals surface area (Å²) in [5.41, 5.74) is 0.939. The third-order valence-corrected chi connectivity index (χ3v) is 2.52. The molecule has 1 N–H and O–H groups in total. The molecule has 6 nitrogen and oxygen atoms in total. The molecule has 1 aromatic heterocycles. The highest BCUT2D eigenvalue weighted by atomic mass is 16.5. The highest BCUT2D eigenvalue weighted by Crippen LogP contribution is 2.15. The van der Waals surface area contributed by atoms with Crippen molar-refractivity contribution < 1.29 is 4.74 Å². The smallest absolute Gasteiger partial charge is 0.157 e. The lowest BCUT2D eigenvalue weighted by atomic mass is 10.3. The molecule has 0 saturated carbocycles. The molecule has 0 aliphatic heterocycles. The fraction of sp³-hybridized carbons (Fsp3) is 0.417. The average molecular weight is 247 g/mol. The third kappa shape index (κ3) is 2.84. The fourth-order valence-electron chi connectivity index (χ4n) is 1.65. The van der Waals surface area contributed by atoms with Crippen LogP contribution in [0, 0.1) is 0 Å². The van der Waals surface area contributed by atoms with Crippen molar-refractivity contribution in [3.8, 4) is 11.4 Å². The number of rotatable bonds is 6. The first kappa shape index (κ1) is 12.5. The first-order valence-electron chi connectivity index (χ1n) is 6.00. The molecule has 96 valence electrons. The number of likely N-dealkylation sites (N-methyl/N-ethyl adjacent to an activating group) is 1. The summed E-state index contributed by atoms with van der Waals surface area (Å²) in [6.07, 6.45) is 0.788. The predicted molar refractivity (Wildman–Crippen MR) is 68.0 cm³/mol. The second-order valence-electron chi connectivity index (χ2n) is 3.79. The van der Waals surface area contributed by atoms with E-state index in [9.17, 15) is 0 Å². The Labute approximate surface area is 106 Å². The number of hydrogen-bond acceptors (Lipinski definition) is 5. The van der Waals surface area contributed by atoms with Gasteiger partial charge in [-0.05, 0) is 48.7 Å². The van der Waals surface area contributed by atoms with Crippen molar-refractivity contribution >= 4 is 0 Å². The Kier molecular flexibility index (Phi) is 4.25. The Bertz CT molecular complexity index is 479. The van der Waals surface area contributed by atoms with Crippen LogP contribution in [-0.2, 0) is 6.42 Å². The Morgan fingerprint density at radius 1 is 1.28 bits per heavy atom. The number of nitrogens with one attached hydrogen (secondary N) is 1. The SMILES string of the molecule is CCOc1ccc(-n2nnnc2CCNC)cc1. The quantitative estimate of drug-likeness (QED) is 0.818. The zero-order valence-corrected chi connectivity index (χ0v) is 10.6. The van der Waals surface area contributed by atoms with Crippen LogP contribution in [0.5, 0.6) is 5.75 Å². The summed E-state index contributed by atoms with van der Waals surface area (Å²) in [6, 6.07) is 7.74. The van der Waals surface area contributed by atoms with Crippen molar-refractivity contribution in [2.75, 3.05) is 20.2 Å². The van der Waals surface area contributed by atoms with Gasteiger partial charge in [0.25, 0.3) is 0 Å². The minimum Gasteiger partial charge on any atom is -0.494 e. The number of nitrogens with zero attached hydrogens (tertiary/aromatic N) is 4. The largest absolute Gasteiger partial charge is 0.494 e. The van der Waals surface area contributed by atoms with Crippen LogP contribution in [0.4, 0.5) is 0 Å². The zero-order valence-electron chi connectivity index (χ0n) is 10.6. The van der Waals surface area contributed by atoms with Gasteiger partial charge < -0.3 is 10.1 Å². The topological polar surface area (TPSA) is 64.9 Å². The minimum atomic E-state index is 0.664. The van der Waals surface area contributed by atoms with E-state index in [-0.39, 0.29) is 0 Å². The third-order valence-electron chi connectivity index (χ3n) is 2.52. The Hall–Kier alpha value is -1.95. The molecule has 2 rings (SSSR count). The van der Waals surface area contributed by atoms with E-state index in [4.69, 9.17) is 4.74 Å². The Morgan fingerprint density at radius 3 is 2.72 bits per heavy atom. The van der Waals surface area contributed by atoms with E-state index in [0.29, 0.717) is 6.61 Å². The van der Waals surface area contributed by atoms with E-state index in [1.807, 2.05) is 38.2 Å². The van der Waals surface area contributed by atoms with Gasteiger partial charge in [-0.15, -0.1) is 5.10 Å². The van der Waals surface area contributed by atoms with Crippen molar-refractivity contribution in [1.29, 1.82) is 0 Å². The molecule has 0 amide bonds. The second-order valence-corrected chi connectivity index (χ2v) is 3.79. The van der Waals surface area contributed by atoms with Gasteiger partial charge in [-0.3, -0.25) is 0 Å². The molecule has 2 aromatic rings. The van der Waals surface area contributed by atoms with Crippen molar-refractivity contribution in [2.45, 2.75) is 13.3 Å². The van der Waals surface area contributed by atoms with Gasteiger partial charge in [0.1, 0.15) is 5.75 Å². The van der Waals surface area contributed by atoms with Gasteiger partial charge in [0.15, 0.2) is 5.82 Å². The maximum absolute atomic E-state index is 5.40. The molecule has 0 saturated heterocycles. The van der Waals surface area contributed by atoms with Gasteiger partial charge >= 0.3 is 0 Å². The molecule has 0 spiro atoms. The van der Waals surface area contributed by atoms with Gasteiger partial charge in [0.2, 0.25) is 0 Å². The van der Waals surface area contributed by atoms with Crippen LogP contribution in [0.3, 0.4) is 0 Å². The monoisotopic (exact) mass is 247 g/mol. The van der Waals surface area contributed by atoms with E-state index in [1.54, 1.807) is 4.68 Å². The first-order chi connectivity index (χ1) is 8.85. The molecule has 0 aliphatic carbocycles. The standard InChI is InChI=1S/C12H17N5O/c1-3-18-11-6-4-10(5-7-11)17-12(8-9-13-2)14-15-16-17/h4-7,13H,3,8-9H2,1-2H3. The number of ether oxygens (including phenoxy) is 1. The first-order valence-corrected chi connectivity index (χ1v) is 6.00. The van der Waals surface area contributed by atoms with Crippen molar-refractivity contribution in [2.24, 2.45) is 0 Å². The van der Waals surface area contributed by atoms with Crippen LogP contribution >= 0.6 is 0 Å². The van der Waals surface area contributed by atoms with Crippen LogP contribution in [0.2, 0.25) is 0 Å². The summed E-state index contributed by atoms with van der Waals surface area (Å²) in [5.74, 6) is 1.69.